The monoisotopic (exact) mass is 223 g/mol. The van der Waals surface area contributed by atoms with E-state index in [0.717, 1.165) is 43.3 Å². The van der Waals surface area contributed by atoms with Crippen LogP contribution in [0.4, 0.5) is 0 Å². The Bertz CT molecular complexity index is 355. The van der Waals surface area contributed by atoms with Gasteiger partial charge in [-0.05, 0) is 44.9 Å². The molecule has 0 spiro atoms. The van der Waals surface area contributed by atoms with E-state index in [-0.39, 0.29) is 11.8 Å². The number of amides is 1. The third kappa shape index (κ3) is 2.26. The van der Waals surface area contributed by atoms with Gasteiger partial charge in [0.2, 0.25) is 5.91 Å². The first-order valence-electron chi connectivity index (χ1n) is 5.82. The summed E-state index contributed by atoms with van der Waals surface area (Å²) >= 11 is 0. The fraction of sp³-hybridized carbons (Fsp3) is 0.667. The summed E-state index contributed by atoms with van der Waals surface area (Å²) in [4.78, 5) is 22.9. The highest BCUT2D eigenvalue weighted by Crippen LogP contribution is 2.33. The van der Waals surface area contributed by atoms with Gasteiger partial charge in [0, 0.05) is 5.57 Å². The summed E-state index contributed by atoms with van der Waals surface area (Å²) < 4.78 is 0. The molecular weight excluding hydrogens is 206 g/mol. The van der Waals surface area contributed by atoms with Gasteiger partial charge in [-0.3, -0.25) is 4.79 Å². The number of carbonyl (C=O) groups is 2. The van der Waals surface area contributed by atoms with Crippen molar-refractivity contribution in [1.29, 1.82) is 0 Å². The molecule has 88 valence electrons. The van der Waals surface area contributed by atoms with E-state index < -0.39 is 12.0 Å². The number of aliphatic carboxylic acids is 1. The van der Waals surface area contributed by atoms with Gasteiger partial charge in [-0.25, -0.2) is 4.79 Å². The van der Waals surface area contributed by atoms with Crippen molar-refractivity contribution >= 4 is 11.9 Å². The number of hydrogen-bond donors (Lipinski definition) is 2. The molecule has 0 aromatic carbocycles. The minimum absolute atomic E-state index is 0.142. The van der Waals surface area contributed by atoms with Gasteiger partial charge < -0.3 is 10.4 Å². The Balaban J connectivity index is 2.00. The fourth-order valence-electron chi connectivity index (χ4n) is 2.24. The summed E-state index contributed by atoms with van der Waals surface area (Å²) in [6, 6.07) is -0.687. The molecule has 16 heavy (non-hydrogen) atoms. The Morgan fingerprint density at radius 1 is 1.38 bits per heavy atom. The molecule has 0 radical (unpaired) electrons. The third-order valence-electron chi connectivity index (χ3n) is 3.41. The second-order valence-corrected chi connectivity index (χ2v) is 4.74. The van der Waals surface area contributed by atoms with Crippen molar-refractivity contribution in [3.63, 3.8) is 0 Å². The molecule has 0 aliphatic heterocycles. The van der Waals surface area contributed by atoms with Crippen LogP contribution in [0.25, 0.3) is 0 Å². The van der Waals surface area contributed by atoms with Crippen LogP contribution < -0.4 is 5.32 Å². The quantitative estimate of drug-likeness (QED) is 0.758. The number of hydrogen-bond acceptors (Lipinski definition) is 2. The highest BCUT2D eigenvalue weighted by Gasteiger charge is 2.37. The lowest BCUT2D eigenvalue weighted by atomic mass is 10.1. The molecule has 0 heterocycles. The zero-order chi connectivity index (χ0) is 11.7. The second-order valence-electron chi connectivity index (χ2n) is 4.74. The average Bonchev–Trinajstić information content (AvgIpc) is 2.96. The second kappa shape index (κ2) is 4.28. The molecule has 2 aliphatic carbocycles. The number of nitrogens with one attached hydrogen (secondary N) is 1. The van der Waals surface area contributed by atoms with E-state index in [9.17, 15) is 9.59 Å². The number of carbonyl (C=O) groups excluding carboxylic acids is 1. The Kier molecular flexibility index (Phi) is 2.99. The number of carboxylic acid groups (broad SMARTS) is 1. The zero-order valence-corrected chi connectivity index (χ0v) is 9.45. The van der Waals surface area contributed by atoms with Crippen molar-refractivity contribution in [3.05, 3.63) is 11.1 Å². The van der Waals surface area contributed by atoms with Gasteiger partial charge in [-0.2, -0.15) is 0 Å². The van der Waals surface area contributed by atoms with Crippen LogP contribution in [0, 0.1) is 5.92 Å². The van der Waals surface area contributed by atoms with E-state index in [1.54, 1.807) is 0 Å². The molecule has 2 rings (SSSR count). The highest BCUT2D eigenvalue weighted by atomic mass is 16.4. The van der Waals surface area contributed by atoms with Crippen LogP contribution in [-0.4, -0.2) is 23.0 Å². The van der Waals surface area contributed by atoms with Gasteiger partial charge in [0.15, 0.2) is 0 Å². The minimum Gasteiger partial charge on any atom is -0.480 e. The van der Waals surface area contributed by atoms with Crippen LogP contribution >= 0.6 is 0 Å². The molecule has 1 fully saturated rings. The molecule has 4 nitrogen and oxygen atoms in total. The van der Waals surface area contributed by atoms with Crippen molar-refractivity contribution in [2.75, 3.05) is 0 Å². The smallest absolute Gasteiger partial charge is 0.326 e. The Hall–Kier alpha value is -1.32. The van der Waals surface area contributed by atoms with E-state index in [4.69, 9.17) is 5.11 Å². The predicted molar refractivity (Wildman–Crippen MR) is 58.8 cm³/mol. The number of rotatable bonds is 4. The molecule has 0 bridgehead atoms. The van der Waals surface area contributed by atoms with E-state index in [1.807, 2.05) is 6.92 Å². The lowest BCUT2D eigenvalue weighted by molar-refractivity contribution is -0.141. The average molecular weight is 223 g/mol. The van der Waals surface area contributed by atoms with Crippen molar-refractivity contribution in [1.82, 2.24) is 5.32 Å². The van der Waals surface area contributed by atoms with Crippen LogP contribution in [0.15, 0.2) is 11.1 Å². The SMILES string of the molecule is CC1=C(C(=O)NC(C(=O)O)C2CC2)CCC1. The first kappa shape index (κ1) is 11.2. The van der Waals surface area contributed by atoms with E-state index in [2.05, 4.69) is 5.32 Å². The van der Waals surface area contributed by atoms with Crippen molar-refractivity contribution in [3.8, 4) is 0 Å². The predicted octanol–water partition coefficient (Wildman–Crippen LogP) is 1.47. The maximum atomic E-state index is 11.9. The summed E-state index contributed by atoms with van der Waals surface area (Å²) in [5.41, 5.74) is 1.91. The lowest BCUT2D eigenvalue weighted by Crippen LogP contribution is -2.42. The molecule has 1 amide bonds. The first-order valence-corrected chi connectivity index (χ1v) is 5.82. The first-order chi connectivity index (χ1) is 7.59. The van der Waals surface area contributed by atoms with Crippen molar-refractivity contribution < 1.29 is 14.7 Å². The summed E-state index contributed by atoms with van der Waals surface area (Å²) in [6.45, 7) is 1.95. The fourth-order valence-corrected chi connectivity index (χ4v) is 2.24. The normalized spacial score (nSPS) is 22.1. The Morgan fingerprint density at radius 3 is 2.50 bits per heavy atom. The zero-order valence-electron chi connectivity index (χ0n) is 9.45. The van der Waals surface area contributed by atoms with Gasteiger partial charge >= 0.3 is 5.97 Å². The van der Waals surface area contributed by atoms with E-state index in [1.165, 1.54) is 0 Å². The molecular formula is C12H17NO3. The summed E-state index contributed by atoms with van der Waals surface area (Å²) in [5, 5.41) is 11.7. The van der Waals surface area contributed by atoms with Crippen LogP contribution in [0.1, 0.15) is 39.0 Å². The third-order valence-corrected chi connectivity index (χ3v) is 3.41. The van der Waals surface area contributed by atoms with E-state index >= 15 is 0 Å². The van der Waals surface area contributed by atoms with Crippen LogP contribution in [-0.2, 0) is 9.59 Å². The molecule has 0 aromatic rings. The lowest BCUT2D eigenvalue weighted by Gasteiger charge is -2.14. The van der Waals surface area contributed by atoms with Gasteiger partial charge in [0.25, 0.3) is 0 Å². The molecule has 2 aliphatic rings. The molecule has 1 atom stereocenters. The largest absolute Gasteiger partial charge is 0.480 e. The Labute approximate surface area is 94.7 Å². The van der Waals surface area contributed by atoms with Crippen LogP contribution in [0.5, 0.6) is 0 Å². The van der Waals surface area contributed by atoms with Crippen molar-refractivity contribution in [2.24, 2.45) is 5.92 Å². The molecule has 4 heteroatoms. The highest BCUT2D eigenvalue weighted by molar-refractivity contribution is 5.97. The molecule has 1 saturated carbocycles. The van der Waals surface area contributed by atoms with Crippen LogP contribution in [0.2, 0.25) is 0 Å². The maximum Gasteiger partial charge on any atom is 0.326 e. The summed E-state index contributed by atoms with van der Waals surface area (Å²) in [6.07, 6.45) is 4.58. The molecule has 2 N–H and O–H groups in total. The van der Waals surface area contributed by atoms with E-state index in [0.29, 0.717) is 0 Å². The summed E-state index contributed by atoms with van der Waals surface area (Å²) in [5.74, 6) is -0.940. The van der Waals surface area contributed by atoms with Gasteiger partial charge in [-0.1, -0.05) is 5.57 Å². The molecule has 1 unspecified atom stereocenters. The Morgan fingerprint density at radius 2 is 2.06 bits per heavy atom. The van der Waals surface area contributed by atoms with Crippen LogP contribution in [0.3, 0.4) is 0 Å². The minimum atomic E-state index is -0.910. The van der Waals surface area contributed by atoms with Gasteiger partial charge in [0.1, 0.15) is 6.04 Å². The summed E-state index contributed by atoms with van der Waals surface area (Å²) in [7, 11) is 0. The molecule has 0 saturated heterocycles. The number of allylic oxidation sites excluding steroid dienone is 1. The maximum absolute atomic E-state index is 11.9. The standard InChI is InChI=1S/C12H17NO3/c1-7-3-2-4-9(7)11(14)13-10(12(15)16)8-5-6-8/h8,10H,2-6H2,1H3,(H,13,14)(H,15,16). The number of carboxylic acids is 1. The van der Waals surface area contributed by atoms with Gasteiger partial charge in [-0.15, -0.1) is 0 Å². The van der Waals surface area contributed by atoms with Crippen molar-refractivity contribution in [2.45, 2.75) is 45.1 Å². The topological polar surface area (TPSA) is 66.4 Å². The van der Waals surface area contributed by atoms with Gasteiger partial charge in [0.05, 0.1) is 0 Å². The molecule has 0 aromatic heterocycles.